The molecule has 7 heteroatoms. The first-order valence-electron chi connectivity index (χ1n) is 8.08. The zero-order valence-electron chi connectivity index (χ0n) is 12.7. The van der Waals surface area contributed by atoms with Gasteiger partial charge < -0.3 is 4.74 Å². The zero-order valence-corrected chi connectivity index (χ0v) is 13.5. The van der Waals surface area contributed by atoms with E-state index in [4.69, 9.17) is 4.74 Å². The van der Waals surface area contributed by atoms with Gasteiger partial charge >= 0.3 is 0 Å². The molecule has 1 aliphatic carbocycles. The number of nitrogens with zero attached hydrogens (tertiary/aromatic N) is 3. The maximum Gasteiger partial charge on any atom is 0.217 e. The van der Waals surface area contributed by atoms with Crippen molar-refractivity contribution in [1.29, 1.82) is 0 Å². The summed E-state index contributed by atoms with van der Waals surface area (Å²) in [5.74, 6) is 0.511. The predicted molar refractivity (Wildman–Crippen MR) is 83.0 cm³/mol. The van der Waals surface area contributed by atoms with E-state index < -0.39 is 10.0 Å². The average Bonchev–Trinajstić information content (AvgIpc) is 2.57. The molecule has 0 unspecified atom stereocenters. The van der Waals surface area contributed by atoms with E-state index in [2.05, 4.69) is 9.97 Å². The quantitative estimate of drug-likeness (QED) is 0.846. The third-order valence-corrected chi connectivity index (χ3v) is 6.88. The Morgan fingerprint density at radius 3 is 2.68 bits per heavy atom. The third kappa shape index (κ3) is 3.57. The van der Waals surface area contributed by atoms with Gasteiger partial charge in [-0.25, -0.2) is 18.4 Å². The number of aromatic nitrogens is 2. The molecule has 3 rings (SSSR count). The Kier molecular flexibility index (Phi) is 4.93. The Hall–Kier alpha value is -1.21. The Labute approximate surface area is 132 Å². The summed E-state index contributed by atoms with van der Waals surface area (Å²) in [5, 5.41) is -0.195. The smallest absolute Gasteiger partial charge is 0.217 e. The molecule has 122 valence electrons. The van der Waals surface area contributed by atoms with E-state index in [9.17, 15) is 8.42 Å². The van der Waals surface area contributed by atoms with Crippen molar-refractivity contribution in [3.63, 3.8) is 0 Å². The Bertz CT molecular complexity index is 573. The summed E-state index contributed by atoms with van der Waals surface area (Å²) in [7, 11) is -3.19. The number of piperidine rings is 1. The molecule has 0 N–H and O–H groups in total. The fourth-order valence-electron chi connectivity index (χ4n) is 3.33. The number of rotatable bonds is 4. The van der Waals surface area contributed by atoms with Crippen LogP contribution in [0.4, 0.5) is 0 Å². The fraction of sp³-hybridized carbons (Fsp3) is 0.733. The van der Waals surface area contributed by atoms with Crippen LogP contribution < -0.4 is 4.74 Å². The lowest BCUT2D eigenvalue weighted by Gasteiger charge is -2.35. The molecule has 0 bridgehead atoms. The molecule has 1 aliphatic heterocycles. The lowest BCUT2D eigenvalue weighted by atomic mass is 10.0. The highest BCUT2D eigenvalue weighted by Gasteiger charge is 2.36. The molecule has 0 radical (unpaired) electrons. The highest BCUT2D eigenvalue weighted by molar-refractivity contribution is 7.89. The van der Waals surface area contributed by atoms with Crippen LogP contribution in [-0.2, 0) is 10.0 Å². The lowest BCUT2D eigenvalue weighted by Crippen LogP contribution is -2.48. The van der Waals surface area contributed by atoms with Gasteiger partial charge in [-0.2, -0.15) is 4.31 Å². The molecule has 0 amide bonds. The maximum absolute atomic E-state index is 12.8. The van der Waals surface area contributed by atoms with E-state index in [1.165, 1.54) is 6.33 Å². The molecule has 22 heavy (non-hydrogen) atoms. The summed E-state index contributed by atoms with van der Waals surface area (Å²) in [6.45, 7) is 1.05. The number of ether oxygens (including phenoxy) is 1. The van der Waals surface area contributed by atoms with E-state index in [1.807, 2.05) is 0 Å². The molecule has 0 aromatic carbocycles. The normalized spacial score (nSPS) is 25.0. The molecular formula is C15H23N3O3S. The fourth-order valence-corrected chi connectivity index (χ4v) is 5.43. The van der Waals surface area contributed by atoms with Crippen LogP contribution >= 0.6 is 0 Å². The molecule has 1 aromatic heterocycles. The van der Waals surface area contributed by atoms with Gasteiger partial charge in [0.15, 0.2) is 0 Å². The van der Waals surface area contributed by atoms with Crippen LogP contribution in [0.1, 0.15) is 44.9 Å². The molecule has 1 atom stereocenters. The summed E-state index contributed by atoms with van der Waals surface area (Å²) >= 11 is 0. The molecule has 6 nitrogen and oxygen atoms in total. The van der Waals surface area contributed by atoms with Gasteiger partial charge in [0, 0.05) is 18.8 Å². The number of hydrogen-bond donors (Lipinski definition) is 0. The van der Waals surface area contributed by atoms with Gasteiger partial charge in [0.25, 0.3) is 0 Å². The van der Waals surface area contributed by atoms with Crippen molar-refractivity contribution < 1.29 is 13.2 Å². The summed E-state index contributed by atoms with van der Waals surface area (Å²) in [6.07, 6.45) is 9.45. The van der Waals surface area contributed by atoms with Crippen LogP contribution in [0.3, 0.4) is 0 Å². The number of sulfonamides is 1. The predicted octanol–water partition coefficient (Wildman–Crippen LogP) is 1.98. The summed E-state index contributed by atoms with van der Waals surface area (Å²) in [6, 6.07) is 1.70. The lowest BCUT2D eigenvalue weighted by molar-refractivity contribution is 0.123. The largest absolute Gasteiger partial charge is 0.473 e. The first-order chi connectivity index (χ1) is 10.7. The highest BCUT2D eigenvalue weighted by atomic mass is 32.2. The summed E-state index contributed by atoms with van der Waals surface area (Å²) in [4.78, 5) is 7.91. The van der Waals surface area contributed by atoms with E-state index in [1.54, 1.807) is 16.6 Å². The van der Waals surface area contributed by atoms with Crippen molar-refractivity contribution in [3.05, 3.63) is 18.6 Å². The maximum atomic E-state index is 12.8. The van der Waals surface area contributed by atoms with Crippen molar-refractivity contribution in [3.8, 4) is 5.88 Å². The van der Waals surface area contributed by atoms with Crippen LogP contribution in [0.25, 0.3) is 0 Å². The third-order valence-electron chi connectivity index (χ3n) is 4.52. The molecule has 0 spiro atoms. The topological polar surface area (TPSA) is 72.4 Å². The standard InChI is InChI=1S/C15H23N3O3S/c19-22(20,14-6-2-1-3-7-14)18-10-4-5-13(11-18)21-15-8-9-16-12-17-15/h8-9,12-14H,1-7,10-11H2/t13-/m1/s1. The molecule has 1 aromatic rings. The van der Waals surface area contributed by atoms with Crippen LogP contribution in [0.15, 0.2) is 18.6 Å². The van der Waals surface area contributed by atoms with Gasteiger partial charge in [0.05, 0.1) is 11.8 Å². The molecule has 2 heterocycles. The van der Waals surface area contributed by atoms with Crippen LogP contribution in [0.2, 0.25) is 0 Å². The Morgan fingerprint density at radius 2 is 1.95 bits per heavy atom. The van der Waals surface area contributed by atoms with Crippen molar-refractivity contribution in [1.82, 2.24) is 14.3 Å². The molecule has 2 fully saturated rings. The van der Waals surface area contributed by atoms with Crippen molar-refractivity contribution >= 4 is 10.0 Å². The first kappa shape index (κ1) is 15.7. The second kappa shape index (κ2) is 6.91. The van der Waals surface area contributed by atoms with Crippen LogP contribution in [0, 0.1) is 0 Å². The van der Waals surface area contributed by atoms with E-state index in [-0.39, 0.29) is 11.4 Å². The second-order valence-corrected chi connectivity index (χ2v) is 8.31. The minimum Gasteiger partial charge on any atom is -0.473 e. The Morgan fingerprint density at radius 1 is 1.14 bits per heavy atom. The van der Waals surface area contributed by atoms with E-state index in [0.717, 1.165) is 44.9 Å². The molecular weight excluding hydrogens is 302 g/mol. The molecule has 1 saturated carbocycles. The van der Waals surface area contributed by atoms with Gasteiger partial charge in [-0.05, 0) is 25.7 Å². The van der Waals surface area contributed by atoms with Gasteiger partial charge in [0.2, 0.25) is 15.9 Å². The first-order valence-corrected chi connectivity index (χ1v) is 9.58. The van der Waals surface area contributed by atoms with Crippen molar-refractivity contribution in [2.45, 2.75) is 56.3 Å². The van der Waals surface area contributed by atoms with Crippen molar-refractivity contribution in [2.24, 2.45) is 0 Å². The van der Waals surface area contributed by atoms with Crippen LogP contribution in [-0.4, -0.2) is 47.1 Å². The van der Waals surface area contributed by atoms with E-state index in [0.29, 0.717) is 19.0 Å². The van der Waals surface area contributed by atoms with Crippen molar-refractivity contribution in [2.75, 3.05) is 13.1 Å². The minimum atomic E-state index is -3.19. The summed E-state index contributed by atoms with van der Waals surface area (Å²) < 4.78 is 33.0. The van der Waals surface area contributed by atoms with Crippen LogP contribution in [0.5, 0.6) is 5.88 Å². The van der Waals surface area contributed by atoms with E-state index >= 15 is 0 Å². The average molecular weight is 325 g/mol. The molecule has 2 aliphatic rings. The molecule has 1 saturated heterocycles. The van der Waals surface area contributed by atoms with Gasteiger partial charge in [-0.3, -0.25) is 0 Å². The Balaban J connectivity index is 1.64. The highest BCUT2D eigenvalue weighted by Crippen LogP contribution is 2.28. The zero-order chi connectivity index (χ0) is 15.4. The SMILES string of the molecule is O=S(=O)(C1CCCCC1)N1CCC[C@@H](Oc2ccncn2)C1. The van der Waals surface area contributed by atoms with Gasteiger partial charge in [0.1, 0.15) is 12.4 Å². The monoisotopic (exact) mass is 325 g/mol. The second-order valence-electron chi connectivity index (χ2n) is 6.09. The summed E-state index contributed by atoms with van der Waals surface area (Å²) in [5.41, 5.74) is 0. The minimum absolute atomic E-state index is 0.123. The van der Waals surface area contributed by atoms with Gasteiger partial charge in [-0.15, -0.1) is 0 Å². The number of hydrogen-bond acceptors (Lipinski definition) is 5. The van der Waals surface area contributed by atoms with Gasteiger partial charge in [-0.1, -0.05) is 19.3 Å².